The van der Waals surface area contributed by atoms with Gasteiger partial charge in [0, 0.05) is 89.5 Å². The summed E-state index contributed by atoms with van der Waals surface area (Å²) in [5.41, 5.74) is 27.5. The van der Waals surface area contributed by atoms with E-state index in [1.54, 1.807) is 4.57 Å². The molecule has 0 fully saturated rings. The van der Waals surface area contributed by atoms with E-state index < -0.39 is 43.0 Å². The smallest absolute Gasteiger partial charge is 0.252 e. The molecule has 0 radical (unpaired) electrons. The van der Waals surface area contributed by atoms with E-state index >= 15 is 0 Å². The van der Waals surface area contributed by atoms with Crippen LogP contribution in [0.25, 0.3) is 111 Å². The molecule has 2 aliphatic rings. The highest BCUT2D eigenvalue weighted by Gasteiger charge is 2.46. The Morgan fingerprint density at radius 3 is 1.18 bits per heavy atom. The summed E-state index contributed by atoms with van der Waals surface area (Å²) in [6, 6.07) is 113. The Hall–Kier alpha value is -13.4. The van der Waals surface area contributed by atoms with Gasteiger partial charge in [-0.05, 0) is 221 Å². The maximum atomic E-state index is 9.98. The van der Waals surface area contributed by atoms with Gasteiger partial charge >= 0.3 is 0 Å². The van der Waals surface area contributed by atoms with Crippen molar-refractivity contribution in [1.82, 2.24) is 9.13 Å². The minimum atomic E-state index is -0.552. The third-order valence-electron chi connectivity index (χ3n) is 23.3. The van der Waals surface area contributed by atoms with Crippen molar-refractivity contribution in [3.8, 4) is 67.0 Å². The predicted octanol–water partition coefficient (Wildman–Crippen LogP) is 27.7. The molecule has 6 heteroatoms. The Balaban J connectivity index is 0.958. The number of para-hydroxylation sites is 5. The summed E-state index contributed by atoms with van der Waals surface area (Å²) in [5.74, 6) is 0. The first-order valence-electron chi connectivity index (χ1n) is 43.5. The number of anilines is 9. The van der Waals surface area contributed by atoms with Gasteiger partial charge in [0.05, 0.1) is 38.7 Å². The Bertz CT molecular complexity index is 7010. The van der Waals surface area contributed by atoms with Gasteiger partial charge in [-0.1, -0.05) is 305 Å². The highest BCUT2D eigenvalue weighted by Crippen LogP contribution is 2.55. The maximum absolute atomic E-state index is 9.98. The average Bonchev–Trinajstić information content (AvgIpc) is 1.04. The third-order valence-corrected chi connectivity index (χ3v) is 23.3. The van der Waals surface area contributed by atoms with E-state index in [9.17, 15) is 11.0 Å². The minimum Gasteiger partial charge on any atom is -0.311 e. The van der Waals surface area contributed by atoms with Crippen LogP contribution in [0.2, 0.25) is 0 Å². The average molecular weight is 1470 g/mol. The Kier molecular flexibility index (Phi) is 14.6. The fraction of sp³-hybridized carbons (Fsp3) is 0.111. The van der Waals surface area contributed by atoms with Gasteiger partial charge in [0.15, 0.2) is 0 Å². The van der Waals surface area contributed by atoms with Gasteiger partial charge in [0.1, 0.15) is 0 Å². The van der Waals surface area contributed by atoms with Crippen LogP contribution in [0.15, 0.2) is 370 Å². The van der Waals surface area contributed by atoms with Crippen LogP contribution in [0.5, 0.6) is 0 Å². The second kappa shape index (κ2) is 27.2. The second-order valence-electron chi connectivity index (χ2n) is 33.6. The van der Waals surface area contributed by atoms with E-state index in [0.717, 1.165) is 145 Å². The molecule has 0 aliphatic carbocycles. The lowest BCUT2D eigenvalue weighted by atomic mass is 9.33. The van der Waals surface area contributed by atoms with Crippen molar-refractivity contribution in [1.29, 1.82) is 0 Å². The van der Waals surface area contributed by atoms with Gasteiger partial charge in [-0.3, -0.25) is 0 Å². The number of benzene rings is 16. The van der Waals surface area contributed by atoms with Crippen LogP contribution in [0, 0.1) is 0 Å². The van der Waals surface area contributed by atoms with Crippen LogP contribution in [0.4, 0.5) is 51.2 Å². The van der Waals surface area contributed by atoms with Gasteiger partial charge in [0.2, 0.25) is 0 Å². The molecular weight excluding hydrogens is 1380 g/mol. The number of fused-ring (bicyclic) bond motifs is 10. The van der Waals surface area contributed by atoms with Gasteiger partial charge in [-0.2, -0.15) is 0 Å². The zero-order chi connectivity index (χ0) is 84.3. The van der Waals surface area contributed by atoms with Gasteiger partial charge in [0.25, 0.3) is 6.71 Å². The molecular formula is C108H88BN5. The molecule has 548 valence electrons. The summed E-state index contributed by atoms with van der Waals surface area (Å²) >= 11 is 0. The number of hydrogen-bond acceptors (Lipinski definition) is 3. The lowest BCUT2D eigenvalue weighted by molar-refractivity contribution is 0.569. The van der Waals surface area contributed by atoms with E-state index in [2.05, 4.69) is 397 Å². The molecule has 0 unspecified atom stereocenters. The van der Waals surface area contributed by atoms with Crippen LogP contribution < -0.4 is 31.1 Å². The molecule has 4 heterocycles. The van der Waals surface area contributed by atoms with Crippen molar-refractivity contribution in [3.05, 3.63) is 387 Å². The van der Waals surface area contributed by atoms with Crippen molar-refractivity contribution >= 4 is 118 Å². The highest BCUT2D eigenvalue weighted by molar-refractivity contribution is 7.00. The second-order valence-corrected chi connectivity index (χ2v) is 33.6. The topological polar surface area (TPSA) is 19.6 Å². The fourth-order valence-electron chi connectivity index (χ4n) is 17.6. The molecule has 0 saturated heterocycles. The Labute approximate surface area is 680 Å². The Morgan fingerprint density at radius 1 is 0.272 bits per heavy atom. The van der Waals surface area contributed by atoms with Crippen LogP contribution >= 0.6 is 0 Å². The van der Waals surface area contributed by atoms with Crippen molar-refractivity contribution in [2.45, 2.75) is 78.6 Å². The number of rotatable bonds is 12. The lowest BCUT2D eigenvalue weighted by Gasteiger charge is -2.46. The monoisotopic (exact) mass is 1470 g/mol. The van der Waals surface area contributed by atoms with Crippen molar-refractivity contribution in [2.75, 3.05) is 14.7 Å². The molecule has 5 nitrogen and oxygen atoms in total. The Morgan fingerprint density at radius 2 is 0.667 bits per heavy atom. The zero-order valence-corrected chi connectivity index (χ0v) is 65.4. The summed E-state index contributed by atoms with van der Waals surface area (Å²) in [5, 5.41) is 2.38. The zero-order valence-electron chi connectivity index (χ0n) is 73.4. The molecule has 2 aliphatic heterocycles. The molecule has 114 heavy (non-hydrogen) atoms. The van der Waals surface area contributed by atoms with Gasteiger partial charge in [-0.15, -0.1) is 0 Å². The highest BCUT2D eigenvalue weighted by atomic mass is 15.2. The lowest BCUT2D eigenvalue weighted by Crippen LogP contribution is -2.61. The van der Waals surface area contributed by atoms with E-state index in [0.29, 0.717) is 5.69 Å². The van der Waals surface area contributed by atoms with Crippen molar-refractivity contribution in [3.63, 3.8) is 0 Å². The fourth-order valence-corrected chi connectivity index (χ4v) is 17.6. The standard InChI is InChI=1S/C108H88BN5/c1-106(2,3)79-60-77(61-80(66-79)107(4,5)6)78-64-102-104-103(65-78)114(105-92(73-37-19-12-20-38-73)67-81(108(7,8)9)68-93(105)74-39-21-13-22-40-74)101-70-86(112-98-49-31-27-45-90(98)91-46-28-32-50-99(91)112)56-58-95(101)109(104)94-57-55-85(69-100(94)113(102)87-62-75(71-33-15-10-16-34-71)59-76(63-87)72-35-17-11-18-36-72)110(82-41-23-14-24-42-82)83-51-53-84(54-52-83)111-96-47-29-25-43-88(96)89-44-26-30-48-97(89)111/h10-70H,1-9H3/i27D,28D,31D,32D,45D,46D,49D,50D. The molecule has 0 N–H and O–H groups in total. The maximum Gasteiger partial charge on any atom is 0.252 e. The number of aromatic nitrogens is 2. The van der Waals surface area contributed by atoms with Crippen molar-refractivity contribution < 1.29 is 11.0 Å². The van der Waals surface area contributed by atoms with E-state index in [-0.39, 0.29) is 50.1 Å². The minimum absolute atomic E-state index is 0.00214. The summed E-state index contributed by atoms with van der Waals surface area (Å²) < 4.78 is 80.5. The van der Waals surface area contributed by atoms with Gasteiger partial charge < -0.3 is 23.8 Å². The van der Waals surface area contributed by atoms with Crippen LogP contribution in [-0.2, 0) is 16.2 Å². The summed E-state index contributed by atoms with van der Waals surface area (Å²) in [6.07, 6.45) is 0. The first-order valence-corrected chi connectivity index (χ1v) is 39.5. The molecule has 0 atom stereocenters. The first-order chi connectivity index (χ1) is 58.8. The summed E-state index contributed by atoms with van der Waals surface area (Å²) in [4.78, 5) is 7.38. The normalized spacial score (nSPS) is 13.7. The summed E-state index contributed by atoms with van der Waals surface area (Å²) in [6.45, 7) is 20.0. The molecule has 0 bridgehead atoms. The van der Waals surface area contributed by atoms with Crippen LogP contribution in [-0.4, -0.2) is 15.8 Å². The van der Waals surface area contributed by atoms with Crippen molar-refractivity contribution in [2.24, 2.45) is 0 Å². The molecule has 0 saturated carbocycles. The van der Waals surface area contributed by atoms with E-state index in [1.807, 2.05) is 6.07 Å². The molecule has 0 spiro atoms. The third kappa shape index (κ3) is 11.9. The molecule has 2 aromatic heterocycles. The molecule has 18 aromatic rings. The molecule has 0 amide bonds. The summed E-state index contributed by atoms with van der Waals surface area (Å²) in [7, 11) is 0. The predicted molar refractivity (Wildman–Crippen MR) is 487 cm³/mol. The SMILES string of the molecule is [2H]c1c([2H])c([2H])c2c(c1[2H])c1c([2H])c([2H])c([2H])c([2H])c1n2-c1ccc2c(c1)N(c1c(-c3ccccc3)cc(C(C)(C)C)cc1-c1ccccc1)c1cc(-c3cc(C(C)(C)C)cc(C(C)(C)C)c3)cc3c1B2c1ccc(N(c2ccccc2)c2ccc(-n4c5ccccc5c5ccccc54)cc2)cc1N3c1cc(-c2ccccc2)cc(-c2ccccc2)c1. The van der Waals surface area contributed by atoms with Gasteiger partial charge in [-0.25, -0.2) is 0 Å². The molecule has 16 aromatic carbocycles. The number of nitrogens with zero attached hydrogens (tertiary/aromatic N) is 5. The van der Waals surface area contributed by atoms with Crippen LogP contribution in [0.3, 0.4) is 0 Å². The quantitative estimate of drug-likeness (QED) is 0.114. The van der Waals surface area contributed by atoms with E-state index in [4.69, 9.17) is 0 Å². The van der Waals surface area contributed by atoms with Crippen LogP contribution in [0.1, 0.15) is 90.0 Å². The largest absolute Gasteiger partial charge is 0.311 e. The first kappa shape index (κ1) is 61.3. The number of hydrogen-bond donors (Lipinski definition) is 0. The van der Waals surface area contributed by atoms with E-state index in [1.165, 1.54) is 21.9 Å². The molecule has 20 rings (SSSR count).